The summed E-state index contributed by atoms with van der Waals surface area (Å²) in [5.74, 6) is -0.0504. The van der Waals surface area contributed by atoms with E-state index in [1.54, 1.807) is 48.4 Å². The largest absolute Gasteiger partial charge is 0.497 e. The zero-order chi connectivity index (χ0) is 23.6. The highest BCUT2D eigenvalue weighted by atomic mass is 16.5. The first-order chi connectivity index (χ1) is 15.1. The fourth-order valence-electron chi connectivity index (χ4n) is 4.00. The van der Waals surface area contributed by atoms with Gasteiger partial charge in [0.05, 0.1) is 19.2 Å². The van der Waals surface area contributed by atoms with E-state index in [1.807, 2.05) is 32.9 Å². The Balaban J connectivity index is 1.98. The number of rotatable bonds is 7. The highest BCUT2D eigenvalue weighted by Crippen LogP contribution is 2.33. The Bertz CT molecular complexity index is 1010. The summed E-state index contributed by atoms with van der Waals surface area (Å²) in [5, 5.41) is 0. The number of amides is 3. The van der Waals surface area contributed by atoms with Crippen molar-refractivity contribution in [2.24, 2.45) is 0 Å². The summed E-state index contributed by atoms with van der Waals surface area (Å²) in [4.78, 5) is 42.8. The van der Waals surface area contributed by atoms with Crippen molar-refractivity contribution in [1.29, 1.82) is 0 Å². The van der Waals surface area contributed by atoms with E-state index in [9.17, 15) is 14.4 Å². The minimum atomic E-state index is -0.860. The lowest BCUT2D eigenvalue weighted by molar-refractivity contribution is -0.123. The SMILES string of the molecule is CCC(C)(C)N(C(=O)c1cccc(OC)c1)C1CC(=O)N(c2ccc(C(C)C)cc2)C1=O. The highest BCUT2D eigenvalue weighted by Gasteiger charge is 2.48. The number of ether oxygens (including phenoxy) is 1. The highest BCUT2D eigenvalue weighted by molar-refractivity contribution is 6.23. The minimum Gasteiger partial charge on any atom is -0.497 e. The number of methoxy groups -OCH3 is 1. The van der Waals surface area contributed by atoms with Gasteiger partial charge in [-0.25, -0.2) is 4.90 Å². The molecule has 1 heterocycles. The first-order valence-electron chi connectivity index (χ1n) is 11.0. The third-order valence-corrected chi connectivity index (χ3v) is 6.31. The molecule has 3 amide bonds. The summed E-state index contributed by atoms with van der Waals surface area (Å²) in [6.07, 6.45) is 0.591. The molecule has 3 rings (SSSR count). The molecule has 1 unspecified atom stereocenters. The van der Waals surface area contributed by atoms with Gasteiger partial charge in [0.2, 0.25) is 5.91 Å². The van der Waals surface area contributed by atoms with Gasteiger partial charge in [0.1, 0.15) is 11.8 Å². The lowest BCUT2D eigenvalue weighted by Crippen LogP contribution is -2.55. The van der Waals surface area contributed by atoms with E-state index < -0.39 is 11.6 Å². The Morgan fingerprint density at radius 2 is 1.81 bits per heavy atom. The molecule has 6 nitrogen and oxygen atoms in total. The quantitative estimate of drug-likeness (QED) is 0.586. The number of hydrogen-bond donors (Lipinski definition) is 0. The van der Waals surface area contributed by atoms with E-state index in [-0.39, 0.29) is 24.1 Å². The molecule has 2 aromatic rings. The molecule has 0 bridgehead atoms. The van der Waals surface area contributed by atoms with Crippen molar-refractivity contribution in [1.82, 2.24) is 4.90 Å². The average Bonchev–Trinajstić information content (AvgIpc) is 3.07. The van der Waals surface area contributed by atoms with Gasteiger partial charge in [0.25, 0.3) is 11.8 Å². The molecule has 170 valence electrons. The average molecular weight is 437 g/mol. The third kappa shape index (κ3) is 4.40. The second-order valence-electron chi connectivity index (χ2n) is 9.11. The minimum absolute atomic E-state index is 0.0378. The number of anilines is 1. The van der Waals surface area contributed by atoms with Gasteiger partial charge in [-0.2, -0.15) is 0 Å². The van der Waals surface area contributed by atoms with Crippen molar-refractivity contribution in [2.45, 2.75) is 65.0 Å². The molecule has 32 heavy (non-hydrogen) atoms. The monoisotopic (exact) mass is 436 g/mol. The van der Waals surface area contributed by atoms with Gasteiger partial charge < -0.3 is 9.64 Å². The van der Waals surface area contributed by atoms with Crippen LogP contribution in [0.3, 0.4) is 0 Å². The molecular formula is C26H32N2O4. The first-order valence-corrected chi connectivity index (χ1v) is 11.0. The number of imide groups is 1. The predicted molar refractivity (Wildman–Crippen MR) is 125 cm³/mol. The zero-order valence-corrected chi connectivity index (χ0v) is 19.7. The van der Waals surface area contributed by atoms with Gasteiger partial charge >= 0.3 is 0 Å². The molecule has 1 atom stereocenters. The molecule has 0 aliphatic carbocycles. The molecule has 0 aromatic heterocycles. The summed E-state index contributed by atoms with van der Waals surface area (Å²) in [7, 11) is 1.54. The molecule has 2 aromatic carbocycles. The van der Waals surface area contributed by atoms with Crippen molar-refractivity contribution in [3.8, 4) is 5.75 Å². The van der Waals surface area contributed by atoms with Crippen LogP contribution in [0.5, 0.6) is 5.75 Å². The Hall–Kier alpha value is -3.15. The molecule has 0 radical (unpaired) electrons. The fraction of sp³-hybridized carbons (Fsp3) is 0.423. The van der Waals surface area contributed by atoms with E-state index in [2.05, 4.69) is 13.8 Å². The molecule has 0 spiro atoms. The second kappa shape index (κ2) is 9.15. The van der Waals surface area contributed by atoms with Crippen LogP contribution in [0.15, 0.2) is 48.5 Å². The number of carbonyl (C=O) groups excluding carboxylic acids is 3. The Kier molecular flexibility index (Phi) is 6.72. The topological polar surface area (TPSA) is 66.9 Å². The van der Waals surface area contributed by atoms with Gasteiger partial charge in [0, 0.05) is 11.1 Å². The fourth-order valence-corrected chi connectivity index (χ4v) is 4.00. The van der Waals surface area contributed by atoms with Crippen molar-refractivity contribution < 1.29 is 19.1 Å². The summed E-state index contributed by atoms with van der Waals surface area (Å²) in [5.41, 5.74) is 1.46. The molecule has 1 aliphatic heterocycles. The molecule has 1 saturated heterocycles. The summed E-state index contributed by atoms with van der Waals surface area (Å²) in [6, 6.07) is 13.5. The van der Waals surface area contributed by atoms with Gasteiger partial charge in [-0.3, -0.25) is 14.4 Å². The number of nitrogens with zero attached hydrogens (tertiary/aromatic N) is 2. The van der Waals surface area contributed by atoms with Crippen LogP contribution in [0, 0.1) is 0 Å². The van der Waals surface area contributed by atoms with Crippen LogP contribution in [0.2, 0.25) is 0 Å². The van der Waals surface area contributed by atoms with Crippen LogP contribution in [0.25, 0.3) is 0 Å². The van der Waals surface area contributed by atoms with Crippen LogP contribution in [0.4, 0.5) is 5.69 Å². The molecule has 1 aliphatic rings. The summed E-state index contributed by atoms with van der Waals surface area (Å²) < 4.78 is 5.26. The van der Waals surface area contributed by atoms with E-state index >= 15 is 0 Å². The maximum atomic E-state index is 13.6. The van der Waals surface area contributed by atoms with Gasteiger partial charge in [-0.15, -0.1) is 0 Å². The summed E-state index contributed by atoms with van der Waals surface area (Å²) in [6.45, 7) is 9.99. The second-order valence-corrected chi connectivity index (χ2v) is 9.11. The zero-order valence-electron chi connectivity index (χ0n) is 19.7. The molecule has 1 fully saturated rings. The van der Waals surface area contributed by atoms with E-state index in [0.29, 0.717) is 29.3 Å². The predicted octanol–water partition coefficient (Wildman–Crippen LogP) is 4.78. The van der Waals surface area contributed by atoms with Crippen LogP contribution in [0.1, 0.15) is 69.3 Å². The van der Waals surface area contributed by atoms with Crippen molar-refractivity contribution in [2.75, 3.05) is 12.0 Å². The Morgan fingerprint density at radius 1 is 1.16 bits per heavy atom. The molecule has 0 saturated carbocycles. The van der Waals surface area contributed by atoms with Gasteiger partial charge in [0.15, 0.2) is 0 Å². The maximum absolute atomic E-state index is 13.6. The molecule has 0 N–H and O–H groups in total. The lowest BCUT2D eigenvalue weighted by Gasteiger charge is -2.41. The number of benzene rings is 2. The van der Waals surface area contributed by atoms with Crippen molar-refractivity contribution in [3.05, 3.63) is 59.7 Å². The van der Waals surface area contributed by atoms with Crippen LogP contribution >= 0.6 is 0 Å². The third-order valence-electron chi connectivity index (χ3n) is 6.31. The molecular weight excluding hydrogens is 404 g/mol. The lowest BCUT2D eigenvalue weighted by atomic mass is 9.94. The van der Waals surface area contributed by atoms with Gasteiger partial charge in [-0.05, 0) is 62.1 Å². The smallest absolute Gasteiger partial charge is 0.257 e. The Labute approximate surface area is 190 Å². The normalized spacial score (nSPS) is 16.6. The van der Waals surface area contributed by atoms with Crippen LogP contribution in [-0.4, -0.2) is 41.3 Å². The van der Waals surface area contributed by atoms with E-state index in [1.165, 1.54) is 4.90 Å². The standard InChI is InChI=1S/C26H32N2O4/c1-7-26(4,5)28(24(30)19-9-8-10-21(15-19)32-6)22-16-23(29)27(25(22)31)20-13-11-18(12-14-20)17(2)3/h8-15,17,22H,7,16H2,1-6H3. The molecule has 6 heteroatoms. The van der Waals surface area contributed by atoms with Crippen LogP contribution in [-0.2, 0) is 9.59 Å². The first kappa shape index (κ1) is 23.5. The van der Waals surface area contributed by atoms with Crippen LogP contribution < -0.4 is 9.64 Å². The van der Waals surface area contributed by atoms with Crippen molar-refractivity contribution >= 4 is 23.4 Å². The van der Waals surface area contributed by atoms with E-state index in [4.69, 9.17) is 4.74 Å². The number of carbonyl (C=O) groups is 3. The van der Waals surface area contributed by atoms with E-state index in [0.717, 1.165) is 5.56 Å². The number of hydrogen-bond acceptors (Lipinski definition) is 4. The Morgan fingerprint density at radius 3 is 2.38 bits per heavy atom. The maximum Gasteiger partial charge on any atom is 0.257 e. The summed E-state index contributed by atoms with van der Waals surface area (Å²) >= 11 is 0. The van der Waals surface area contributed by atoms with Crippen molar-refractivity contribution in [3.63, 3.8) is 0 Å². The van der Waals surface area contributed by atoms with Gasteiger partial charge in [-0.1, -0.05) is 39.0 Å².